The Kier molecular flexibility index (Phi) is 6.94. The molecule has 1 fully saturated rings. The molecule has 1 saturated heterocycles. The molecule has 4 aromatic rings. The summed E-state index contributed by atoms with van der Waals surface area (Å²) in [6, 6.07) is 14.1. The number of fused-ring (bicyclic) bond motifs is 3. The molecule has 0 aliphatic carbocycles. The van der Waals surface area contributed by atoms with Crippen molar-refractivity contribution in [2.45, 2.75) is 42.8 Å². The molecule has 6 nitrogen and oxygen atoms in total. The van der Waals surface area contributed by atoms with Crippen molar-refractivity contribution >= 4 is 49.3 Å². The van der Waals surface area contributed by atoms with Gasteiger partial charge in [0.1, 0.15) is 10.5 Å². The Bertz CT molecular complexity index is 1380. The summed E-state index contributed by atoms with van der Waals surface area (Å²) in [4.78, 5) is 30.8. The molecule has 176 valence electrons. The summed E-state index contributed by atoms with van der Waals surface area (Å²) in [5.74, 6) is 0.128. The highest BCUT2D eigenvalue weighted by molar-refractivity contribution is 7.98. The Morgan fingerprint density at radius 1 is 1.24 bits per heavy atom. The molecule has 9 heteroatoms. The second-order valence-electron chi connectivity index (χ2n) is 8.23. The lowest BCUT2D eigenvalue weighted by molar-refractivity contribution is -0.121. The monoisotopic (exact) mass is 497 g/mol. The van der Waals surface area contributed by atoms with Gasteiger partial charge < -0.3 is 10.1 Å². The quantitative estimate of drug-likeness (QED) is 0.282. The number of carbonyl (C=O) groups excluding carboxylic acids is 1. The van der Waals surface area contributed by atoms with Gasteiger partial charge in [-0.3, -0.25) is 14.2 Å². The van der Waals surface area contributed by atoms with Crippen LogP contribution in [0.5, 0.6) is 0 Å². The van der Waals surface area contributed by atoms with Gasteiger partial charge in [-0.2, -0.15) is 0 Å². The normalized spacial score (nSPS) is 15.9. The summed E-state index contributed by atoms with van der Waals surface area (Å²) in [7, 11) is 0. The van der Waals surface area contributed by atoms with Crippen molar-refractivity contribution in [3.63, 3.8) is 0 Å². The van der Waals surface area contributed by atoms with Crippen LogP contribution < -0.4 is 10.9 Å². The maximum atomic E-state index is 13.5. The second-order valence-corrected chi connectivity index (χ2v) is 10.2. The third kappa shape index (κ3) is 5.01. The minimum absolute atomic E-state index is 0.0741. The molecule has 0 bridgehead atoms. The highest BCUT2D eigenvalue weighted by atomic mass is 32.2. The van der Waals surface area contributed by atoms with E-state index in [1.807, 2.05) is 24.3 Å². The summed E-state index contributed by atoms with van der Waals surface area (Å²) in [6.45, 7) is 1.47. The topological polar surface area (TPSA) is 73.2 Å². The molecule has 2 aromatic carbocycles. The van der Waals surface area contributed by atoms with Crippen molar-refractivity contribution in [2.24, 2.45) is 0 Å². The molecule has 1 aliphatic rings. The molecular formula is C25H24FN3O3S2. The summed E-state index contributed by atoms with van der Waals surface area (Å²) in [5, 5.41) is 4.42. The minimum atomic E-state index is -0.288. The van der Waals surface area contributed by atoms with Gasteiger partial charge in [-0.05, 0) is 36.6 Å². The summed E-state index contributed by atoms with van der Waals surface area (Å²) < 4.78 is 22.0. The van der Waals surface area contributed by atoms with Gasteiger partial charge in [0.25, 0.3) is 5.56 Å². The fourth-order valence-electron chi connectivity index (χ4n) is 4.02. The van der Waals surface area contributed by atoms with Crippen LogP contribution in [0.1, 0.15) is 24.8 Å². The molecule has 5 rings (SSSR count). The maximum absolute atomic E-state index is 13.5. The Labute approximate surface area is 204 Å². The highest BCUT2D eigenvalue weighted by Crippen LogP contribution is 2.32. The maximum Gasteiger partial charge on any atom is 0.272 e. The first-order chi connectivity index (χ1) is 16.6. The largest absolute Gasteiger partial charge is 0.376 e. The number of thiophene rings is 1. The third-order valence-electron chi connectivity index (χ3n) is 5.84. The van der Waals surface area contributed by atoms with Gasteiger partial charge in [0, 0.05) is 42.0 Å². The zero-order valence-corrected chi connectivity index (χ0v) is 20.1. The van der Waals surface area contributed by atoms with E-state index in [2.05, 4.69) is 5.32 Å². The number of rotatable bonds is 8. The lowest BCUT2D eigenvalue weighted by Gasteiger charge is -2.13. The molecule has 1 aliphatic heterocycles. The SMILES string of the molecule is O=C(CCn1c(SCc2ccc(F)cc2)nc2c(sc3ccccc32)c1=O)NCC1CCCO1. The Morgan fingerprint density at radius 3 is 2.85 bits per heavy atom. The van der Waals surface area contributed by atoms with Gasteiger partial charge in [0.2, 0.25) is 5.91 Å². The molecule has 1 atom stereocenters. The van der Waals surface area contributed by atoms with Crippen LogP contribution in [0.15, 0.2) is 58.5 Å². The zero-order valence-electron chi connectivity index (χ0n) is 18.5. The number of nitrogens with zero attached hydrogens (tertiary/aromatic N) is 2. The van der Waals surface area contributed by atoms with Gasteiger partial charge in [-0.15, -0.1) is 11.3 Å². The molecule has 34 heavy (non-hydrogen) atoms. The van der Waals surface area contributed by atoms with E-state index < -0.39 is 0 Å². The highest BCUT2D eigenvalue weighted by Gasteiger charge is 2.19. The van der Waals surface area contributed by atoms with E-state index in [0.717, 1.165) is 35.1 Å². The smallest absolute Gasteiger partial charge is 0.272 e. The number of aromatic nitrogens is 2. The van der Waals surface area contributed by atoms with Crippen LogP contribution in [0.4, 0.5) is 4.39 Å². The summed E-state index contributed by atoms with van der Waals surface area (Å²) >= 11 is 2.84. The molecule has 0 spiro atoms. The fourth-order valence-corrected chi connectivity index (χ4v) is 6.09. The van der Waals surface area contributed by atoms with Crippen molar-refractivity contribution in [3.8, 4) is 0 Å². The molecule has 2 aromatic heterocycles. The van der Waals surface area contributed by atoms with Crippen LogP contribution in [-0.2, 0) is 21.8 Å². The van der Waals surface area contributed by atoms with Gasteiger partial charge in [0.15, 0.2) is 5.16 Å². The molecule has 3 heterocycles. The van der Waals surface area contributed by atoms with Gasteiger partial charge in [0.05, 0.1) is 11.6 Å². The lowest BCUT2D eigenvalue weighted by Crippen LogP contribution is -2.33. The number of thioether (sulfide) groups is 1. The first-order valence-corrected chi connectivity index (χ1v) is 13.1. The summed E-state index contributed by atoms with van der Waals surface area (Å²) in [6.07, 6.45) is 2.22. The van der Waals surface area contributed by atoms with E-state index in [1.165, 1.54) is 35.2 Å². The van der Waals surface area contributed by atoms with Gasteiger partial charge in [-0.1, -0.05) is 42.1 Å². The number of halogens is 1. The van der Waals surface area contributed by atoms with Gasteiger partial charge in [-0.25, -0.2) is 9.37 Å². The van der Waals surface area contributed by atoms with Crippen molar-refractivity contribution in [1.82, 2.24) is 14.9 Å². The number of benzene rings is 2. The number of hydrogen-bond acceptors (Lipinski definition) is 6. The molecule has 1 N–H and O–H groups in total. The minimum Gasteiger partial charge on any atom is -0.376 e. The molecule has 0 radical (unpaired) electrons. The van der Waals surface area contributed by atoms with E-state index in [1.54, 1.807) is 16.7 Å². The van der Waals surface area contributed by atoms with Crippen LogP contribution in [-0.4, -0.2) is 34.7 Å². The zero-order chi connectivity index (χ0) is 23.5. The van der Waals surface area contributed by atoms with E-state index >= 15 is 0 Å². The number of amides is 1. The van der Waals surface area contributed by atoms with E-state index in [9.17, 15) is 14.0 Å². The average Bonchev–Trinajstić information content (AvgIpc) is 3.50. The van der Waals surface area contributed by atoms with E-state index in [-0.39, 0.29) is 36.4 Å². The van der Waals surface area contributed by atoms with Crippen LogP contribution in [0.25, 0.3) is 20.3 Å². The predicted molar refractivity (Wildman–Crippen MR) is 134 cm³/mol. The van der Waals surface area contributed by atoms with Crippen LogP contribution in [0, 0.1) is 5.82 Å². The third-order valence-corrected chi connectivity index (χ3v) is 8.04. The van der Waals surface area contributed by atoms with E-state index in [0.29, 0.717) is 27.7 Å². The molecular weight excluding hydrogens is 473 g/mol. The second kappa shape index (κ2) is 10.2. The Balaban J connectivity index is 1.41. The van der Waals surface area contributed by atoms with Crippen LogP contribution in [0.2, 0.25) is 0 Å². The predicted octanol–water partition coefficient (Wildman–Crippen LogP) is 4.73. The Morgan fingerprint density at radius 2 is 2.06 bits per heavy atom. The van der Waals surface area contributed by atoms with Crippen LogP contribution in [0.3, 0.4) is 0 Å². The Hall–Kier alpha value is -2.75. The average molecular weight is 498 g/mol. The number of carbonyl (C=O) groups is 1. The van der Waals surface area contributed by atoms with E-state index in [4.69, 9.17) is 9.72 Å². The standard InChI is InChI=1S/C25H24FN3O3S2/c26-17-9-7-16(8-10-17)15-33-25-28-22-19-5-1-2-6-20(19)34-23(22)24(31)29(25)12-11-21(30)27-14-18-4-3-13-32-18/h1-2,5-10,18H,3-4,11-15H2,(H,27,30). The first-order valence-electron chi connectivity index (χ1n) is 11.3. The van der Waals surface area contributed by atoms with Crippen molar-refractivity contribution in [3.05, 3.63) is 70.3 Å². The number of ether oxygens (including phenoxy) is 1. The lowest BCUT2D eigenvalue weighted by atomic mass is 10.2. The van der Waals surface area contributed by atoms with Crippen LogP contribution >= 0.6 is 23.1 Å². The fraction of sp³-hybridized carbons (Fsp3) is 0.320. The van der Waals surface area contributed by atoms with Crippen molar-refractivity contribution < 1.29 is 13.9 Å². The first kappa shape index (κ1) is 23.0. The van der Waals surface area contributed by atoms with Crippen molar-refractivity contribution in [1.29, 1.82) is 0 Å². The number of hydrogen-bond donors (Lipinski definition) is 1. The molecule has 1 amide bonds. The molecule has 1 unspecified atom stereocenters. The number of nitrogens with one attached hydrogen (secondary N) is 1. The van der Waals surface area contributed by atoms with Gasteiger partial charge >= 0.3 is 0 Å². The van der Waals surface area contributed by atoms with Crippen molar-refractivity contribution in [2.75, 3.05) is 13.2 Å². The summed E-state index contributed by atoms with van der Waals surface area (Å²) in [5.41, 5.74) is 1.47. The molecule has 0 saturated carbocycles.